The number of nitrogens with zero attached hydrogens (tertiary/aromatic N) is 2. The first-order valence-corrected chi connectivity index (χ1v) is 6.03. The molecule has 1 aliphatic heterocycles. The number of hydrogen-bond donors (Lipinski definition) is 0. The van der Waals surface area contributed by atoms with Gasteiger partial charge in [-0.05, 0) is 26.3 Å². The first kappa shape index (κ1) is 14.0. The maximum absolute atomic E-state index is 11.9. The van der Waals surface area contributed by atoms with E-state index in [1.54, 1.807) is 19.0 Å². The normalized spacial score (nSPS) is 22.9. The number of carbonyl (C=O) groups is 2. The number of carbonyl (C=O) groups excluding carboxylic acids is 2. The van der Waals surface area contributed by atoms with Crippen LogP contribution in [0, 0.1) is 0 Å². The van der Waals surface area contributed by atoms with Gasteiger partial charge in [-0.3, -0.25) is 14.5 Å². The molecule has 0 bridgehead atoms. The average molecular weight is 242 g/mol. The van der Waals surface area contributed by atoms with Gasteiger partial charge in [-0.25, -0.2) is 0 Å². The summed E-state index contributed by atoms with van der Waals surface area (Å²) in [4.78, 5) is 27.1. The van der Waals surface area contributed by atoms with Crippen molar-refractivity contribution in [2.24, 2.45) is 0 Å². The van der Waals surface area contributed by atoms with E-state index >= 15 is 0 Å². The number of rotatable bonds is 3. The maximum atomic E-state index is 11.9. The summed E-state index contributed by atoms with van der Waals surface area (Å²) >= 11 is 0. The van der Waals surface area contributed by atoms with Crippen LogP contribution in [0.5, 0.6) is 0 Å². The summed E-state index contributed by atoms with van der Waals surface area (Å²) < 4.78 is 4.80. The van der Waals surface area contributed by atoms with E-state index in [-0.39, 0.29) is 24.0 Å². The summed E-state index contributed by atoms with van der Waals surface area (Å²) in [5.41, 5.74) is 0. The number of likely N-dealkylation sites (tertiary alicyclic amines) is 1. The third kappa shape index (κ3) is 3.19. The monoisotopic (exact) mass is 242 g/mol. The molecule has 98 valence electrons. The van der Waals surface area contributed by atoms with Gasteiger partial charge >= 0.3 is 5.97 Å². The molecular weight excluding hydrogens is 220 g/mol. The molecule has 17 heavy (non-hydrogen) atoms. The maximum Gasteiger partial charge on any atom is 0.323 e. The van der Waals surface area contributed by atoms with Crippen LogP contribution in [0.1, 0.15) is 26.2 Å². The number of piperidine rings is 1. The first-order chi connectivity index (χ1) is 7.99. The minimum Gasteiger partial charge on any atom is -0.468 e. The van der Waals surface area contributed by atoms with Crippen LogP contribution in [0.15, 0.2) is 0 Å². The van der Waals surface area contributed by atoms with Gasteiger partial charge in [0.25, 0.3) is 0 Å². The first-order valence-electron chi connectivity index (χ1n) is 6.03. The molecule has 0 aliphatic carbocycles. The van der Waals surface area contributed by atoms with Gasteiger partial charge in [-0.1, -0.05) is 6.42 Å². The lowest BCUT2D eigenvalue weighted by molar-refractivity contribution is -0.151. The van der Waals surface area contributed by atoms with E-state index in [9.17, 15) is 9.59 Å². The van der Waals surface area contributed by atoms with Gasteiger partial charge < -0.3 is 9.64 Å². The Morgan fingerprint density at radius 2 is 2.00 bits per heavy atom. The number of ether oxygens (including phenoxy) is 1. The average Bonchev–Trinajstić information content (AvgIpc) is 2.35. The second kappa shape index (κ2) is 6.00. The van der Waals surface area contributed by atoms with Crippen molar-refractivity contribution in [3.63, 3.8) is 0 Å². The second-order valence-electron chi connectivity index (χ2n) is 4.68. The van der Waals surface area contributed by atoms with Crippen LogP contribution in [-0.2, 0) is 14.3 Å². The Morgan fingerprint density at radius 3 is 2.53 bits per heavy atom. The third-order valence-electron chi connectivity index (χ3n) is 3.31. The van der Waals surface area contributed by atoms with E-state index in [1.165, 1.54) is 7.11 Å². The molecule has 1 rings (SSSR count). The van der Waals surface area contributed by atoms with E-state index in [2.05, 4.69) is 0 Å². The predicted molar refractivity (Wildman–Crippen MR) is 64.5 cm³/mol. The van der Waals surface area contributed by atoms with E-state index in [4.69, 9.17) is 4.74 Å². The van der Waals surface area contributed by atoms with Crippen LogP contribution in [-0.4, -0.2) is 61.5 Å². The van der Waals surface area contributed by atoms with Crippen LogP contribution < -0.4 is 0 Å². The molecule has 0 aromatic heterocycles. The van der Waals surface area contributed by atoms with Crippen molar-refractivity contribution in [1.82, 2.24) is 9.80 Å². The van der Waals surface area contributed by atoms with Crippen molar-refractivity contribution in [3.05, 3.63) is 0 Å². The van der Waals surface area contributed by atoms with Crippen molar-refractivity contribution in [2.45, 2.75) is 38.3 Å². The Labute approximate surface area is 103 Å². The number of amides is 1. The zero-order valence-corrected chi connectivity index (χ0v) is 11.1. The summed E-state index contributed by atoms with van der Waals surface area (Å²) in [7, 11) is 4.86. The van der Waals surface area contributed by atoms with Crippen molar-refractivity contribution in [2.75, 3.05) is 27.7 Å². The van der Waals surface area contributed by atoms with Crippen molar-refractivity contribution >= 4 is 11.9 Å². The topological polar surface area (TPSA) is 49.9 Å². The van der Waals surface area contributed by atoms with Gasteiger partial charge in [-0.2, -0.15) is 0 Å². The molecule has 0 saturated carbocycles. The molecule has 1 unspecified atom stereocenters. The van der Waals surface area contributed by atoms with Crippen LogP contribution in [0.2, 0.25) is 0 Å². The Bertz CT molecular complexity index is 291. The van der Waals surface area contributed by atoms with E-state index in [0.717, 1.165) is 25.8 Å². The lowest BCUT2D eigenvalue weighted by Crippen LogP contribution is -2.54. The van der Waals surface area contributed by atoms with Gasteiger partial charge in [0.1, 0.15) is 6.04 Å². The molecule has 5 nitrogen and oxygen atoms in total. The molecule has 5 heteroatoms. The Balaban J connectivity index is 2.77. The molecule has 1 saturated heterocycles. The minimum atomic E-state index is -0.271. The van der Waals surface area contributed by atoms with Crippen molar-refractivity contribution in [1.29, 1.82) is 0 Å². The zero-order valence-electron chi connectivity index (χ0n) is 11.1. The van der Waals surface area contributed by atoms with Crippen molar-refractivity contribution in [3.8, 4) is 0 Å². The van der Waals surface area contributed by atoms with Crippen LogP contribution >= 0.6 is 0 Å². The molecule has 1 amide bonds. The van der Waals surface area contributed by atoms with E-state index in [0.29, 0.717) is 0 Å². The van der Waals surface area contributed by atoms with Gasteiger partial charge in [0.05, 0.1) is 13.2 Å². The molecular formula is C12H22N2O3. The number of hydrogen-bond acceptors (Lipinski definition) is 4. The molecule has 0 N–H and O–H groups in total. The highest BCUT2D eigenvalue weighted by Gasteiger charge is 2.35. The second-order valence-corrected chi connectivity index (χ2v) is 4.68. The lowest BCUT2D eigenvalue weighted by Gasteiger charge is -2.38. The predicted octanol–water partition coefficient (Wildman–Crippen LogP) is 0.491. The quantitative estimate of drug-likeness (QED) is 0.676. The number of likely N-dealkylation sites (N-methyl/N-ethyl adjacent to an activating group) is 1. The fourth-order valence-corrected chi connectivity index (χ4v) is 2.32. The Hall–Kier alpha value is -1.10. The van der Waals surface area contributed by atoms with Crippen LogP contribution in [0.4, 0.5) is 0 Å². The highest BCUT2D eigenvalue weighted by molar-refractivity contribution is 5.82. The molecule has 1 fully saturated rings. The third-order valence-corrected chi connectivity index (χ3v) is 3.31. The van der Waals surface area contributed by atoms with E-state index in [1.807, 2.05) is 11.8 Å². The molecule has 0 spiro atoms. The fraction of sp³-hybridized carbons (Fsp3) is 0.833. The van der Waals surface area contributed by atoms with E-state index < -0.39 is 0 Å². The Morgan fingerprint density at radius 1 is 1.35 bits per heavy atom. The zero-order chi connectivity index (χ0) is 13.0. The van der Waals surface area contributed by atoms with Gasteiger partial charge in [0.2, 0.25) is 5.91 Å². The summed E-state index contributed by atoms with van der Waals surface area (Å²) in [6, 6.07) is -0.540. The highest BCUT2D eigenvalue weighted by atomic mass is 16.5. The lowest BCUT2D eigenvalue weighted by atomic mass is 10.00. The summed E-state index contributed by atoms with van der Waals surface area (Å²) in [6.07, 6.45) is 2.81. The number of esters is 1. The van der Waals surface area contributed by atoms with Gasteiger partial charge in [0.15, 0.2) is 0 Å². The van der Waals surface area contributed by atoms with Crippen LogP contribution in [0.3, 0.4) is 0 Å². The SMILES string of the molecule is COC(=O)[C@H]1CCCCN1C(C)C(=O)N(C)C. The number of methoxy groups -OCH3 is 1. The van der Waals surface area contributed by atoms with Crippen LogP contribution in [0.25, 0.3) is 0 Å². The minimum absolute atomic E-state index is 0.0285. The smallest absolute Gasteiger partial charge is 0.323 e. The summed E-state index contributed by atoms with van der Waals surface area (Å²) in [6.45, 7) is 2.63. The molecule has 0 aromatic carbocycles. The summed E-state index contributed by atoms with van der Waals surface area (Å²) in [5, 5.41) is 0. The standard InChI is InChI=1S/C12H22N2O3/c1-9(11(15)13(2)3)14-8-6-5-7-10(14)12(16)17-4/h9-10H,5-8H2,1-4H3/t9?,10-/m1/s1. The summed E-state index contributed by atoms with van der Waals surface area (Å²) in [5.74, 6) is -0.205. The molecule has 1 aliphatic rings. The highest BCUT2D eigenvalue weighted by Crippen LogP contribution is 2.21. The molecule has 0 radical (unpaired) electrons. The van der Waals surface area contributed by atoms with Crippen molar-refractivity contribution < 1.29 is 14.3 Å². The molecule has 2 atom stereocenters. The van der Waals surface area contributed by atoms with Gasteiger partial charge in [0, 0.05) is 14.1 Å². The largest absolute Gasteiger partial charge is 0.468 e. The fourth-order valence-electron chi connectivity index (χ4n) is 2.32. The molecule has 0 aromatic rings. The van der Waals surface area contributed by atoms with Gasteiger partial charge in [-0.15, -0.1) is 0 Å². The Kier molecular flexibility index (Phi) is 4.93. The molecule has 1 heterocycles.